The Kier molecular flexibility index (Phi) is 7.11. The van der Waals surface area contributed by atoms with E-state index in [4.69, 9.17) is 20.5 Å². The van der Waals surface area contributed by atoms with E-state index in [1.165, 1.54) is 7.11 Å². The summed E-state index contributed by atoms with van der Waals surface area (Å²) >= 11 is 0. The molecule has 1 amide bonds. The molecule has 0 fully saturated rings. The number of hydrogen-bond acceptors (Lipinski definition) is 5. The highest BCUT2D eigenvalue weighted by Gasteiger charge is 2.15. The molecule has 0 bridgehead atoms. The Morgan fingerprint density at radius 3 is 3.00 bits per heavy atom. The first kappa shape index (κ1) is 16.0. The summed E-state index contributed by atoms with van der Waals surface area (Å²) in [6.45, 7) is 0.584. The number of benzene rings is 1. The van der Waals surface area contributed by atoms with Crippen LogP contribution in [0.5, 0.6) is 5.75 Å². The molecule has 3 N–H and O–H groups in total. The zero-order valence-electron chi connectivity index (χ0n) is 11.5. The van der Waals surface area contributed by atoms with Gasteiger partial charge in [-0.05, 0) is 18.6 Å². The molecule has 1 unspecified atom stereocenters. The standard InChI is InChI=1S/C14H19N3O3/c1-19-13(10-16)14(18)17-11-5-4-6-12(9-11)20-8-3-2-7-15/h4-6,9,13H,2-3,8,10,16H2,1H3,(H,17,18). The minimum atomic E-state index is -0.671. The highest BCUT2D eigenvalue weighted by molar-refractivity contribution is 5.94. The van der Waals surface area contributed by atoms with E-state index in [1.54, 1.807) is 24.3 Å². The lowest BCUT2D eigenvalue weighted by atomic mass is 10.2. The van der Waals surface area contributed by atoms with Crippen molar-refractivity contribution in [2.45, 2.75) is 18.9 Å². The van der Waals surface area contributed by atoms with E-state index in [9.17, 15) is 4.79 Å². The lowest BCUT2D eigenvalue weighted by molar-refractivity contribution is -0.125. The van der Waals surface area contributed by atoms with Crippen molar-refractivity contribution in [2.75, 3.05) is 25.6 Å². The molecular weight excluding hydrogens is 258 g/mol. The zero-order valence-corrected chi connectivity index (χ0v) is 11.5. The lowest BCUT2D eigenvalue weighted by Gasteiger charge is -2.13. The molecule has 20 heavy (non-hydrogen) atoms. The SMILES string of the molecule is COC(CN)C(=O)Nc1cccc(OCCCC#N)c1. The van der Waals surface area contributed by atoms with Crippen LogP contribution in [0.4, 0.5) is 5.69 Å². The Hall–Kier alpha value is -2.10. The maximum absolute atomic E-state index is 11.8. The molecule has 108 valence electrons. The van der Waals surface area contributed by atoms with Gasteiger partial charge in [-0.1, -0.05) is 6.07 Å². The minimum Gasteiger partial charge on any atom is -0.493 e. The maximum Gasteiger partial charge on any atom is 0.254 e. The summed E-state index contributed by atoms with van der Waals surface area (Å²) in [7, 11) is 1.44. The first-order valence-corrected chi connectivity index (χ1v) is 6.34. The number of nitrogens with zero attached hydrogens (tertiary/aromatic N) is 1. The van der Waals surface area contributed by atoms with Crippen LogP contribution in [0, 0.1) is 11.3 Å². The van der Waals surface area contributed by atoms with Crippen molar-refractivity contribution in [1.29, 1.82) is 5.26 Å². The highest BCUT2D eigenvalue weighted by atomic mass is 16.5. The third kappa shape index (κ3) is 5.26. The molecule has 0 aliphatic rings. The van der Waals surface area contributed by atoms with Gasteiger partial charge in [-0.15, -0.1) is 0 Å². The fourth-order valence-electron chi connectivity index (χ4n) is 1.54. The van der Waals surface area contributed by atoms with Crippen molar-refractivity contribution < 1.29 is 14.3 Å². The van der Waals surface area contributed by atoms with Gasteiger partial charge < -0.3 is 20.5 Å². The molecule has 1 rings (SSSR count). The van der Waals surface area contributed by atoms with Crippen molar-refractivity contribution in [3.8, 4) is 11.8 Å². The van der Waals surface area contributed by atoms with Gasteiger partial charge in [-0.3, -0.25) is 4.79 Å². The Morgan fingerprint density at radius 1 is 1.55 bits per heavy atom. The van der Waals surface area contributed by atoms with Gasteiger partial charge in [0, 0.05) is 31.8 Å². The lowest BCUT2D eigenvalue weighted by Crippen LogP contribution is -2.35. The van der Waals surface area contributed by atoms with Crippen LogP contribution in [-0.2, 0) is 9.53 Å². The van der Waals surface area contributed by atoms with Crippen LogP contribution < -0.4 is 15.8 Å². The second kappa shape index (κ2) is 8.91. The van der Waals surface area contributed by atoms with E-state index in [-0.39, 0.29) is 12.5 Å². The van der Waals surface area contributed by atoms with E-state index in [0.717, 1.165) is 0 Å². The normalized spacial score (nSPS) is 11.4. The van der Waals surface area contributed by atoms with E-state index in [1.807, 2.05) is 0 Å². The molecule has 0 aliphatic heterocycles. The number of unbranched alkanes of at least 4 members (excludes halogenated alkanes) is 1. The number of nitrogens with one attached hydrogen (secondary N) is 1. The third-order valence-electron chi connectivity index (χ3n) is 2.59. The number of ether oxygens (including phenoxy) is 2. The Balaban J connectivity index is 2.55. The van der Waals surface area contributed by atoms with Gasteiger partial charge >= 0.3 is 0 Å². The molecule has 0 heterocycles. The number of hydrogen-bond donors (Lipinski definition) is 2. The first-order chi connectivity index (χ1) is 9.71. The number of nitrogens with two attached hydrogens (primary N) is 1. The Labute approximate surface area is 118 Å². The number of methoxy groups -OCH3 is 1. The molecule has 1 aromatic rings. The predicted octanol–water partition coefficient (Wildman–Crippen LogP) is 1.28. The van der Waals surface area contributed by atoms with Crippen LogP contribution in [0.1, 0.15) is 12.8 Å². The molecule has 0 spiro atoms. The largest absolute Gasteiger partial charge is 0.493 e. The Bertz CT molecular complexity index is 467. The van der Waals surface area contributed by atoms with E-state index in [2.05, 4.69) is 11.4 Å². The minimum absolute atomic E-state index is 0.118. The monoisotopic (exact) mass is 277 g/mol. The molecule has 0 saturated heterocycles. The highest BCUT2D eigenvalue weighted by Crippen LogP contribution is 2.18. The number of carbonyl (C=O) groups is 1. The summed E-state index contributed by atoms with van der Waals surface area (Å²) in [4.78, 5) is 11.8. The molecule has 1 aromatic carbocycles. The van der Waals surface area contributed by atoms with E-state index < -0.39 is 6.10 Å². The van der Waals surface area contributed by atoms with Gasteiger partial charge in [0.05, 0.1) is 12.7 Å². The molecule has 0 saturated carbocycles. The van der Waals surface area contributed by atoms with Crippen molar-refractivity contribution in [1.82, 2.24) is 0 Å². The third-order valence-corrected chi connectivity index (χ3v) is 2.59. The van der Waals surface area contributed by atoms with Gasteiger partial charge in [0.25, 0.3) is 5.91 Å². The molecule has 0 aromatic heterocycles. The van der Waals surface area contributed by atoms with Crippen LogP contribution in [0.3, 0.4) is 0 Å². The van der Waals surface area contributed by atoms with Crippen LogP contribution >= 0.6 is 0 Å². The van der Waals surface area contributed by atoms with Crippen molar-refractivity contribution in [3.05, 3.63) is 24.3 Å². The predicted molar refractivity (Wildman–Crippen MR) is 75.3 cm³/mol. The second-order valence-electron chi connectivity index (χ2n) is 4.09. The number of carbonyl (C=O) groups excluding carboxylic acids is 1. The molecule has 0 aliphatic carbocycles. The quantitative estimate of drug-likeness (QED) is 0.698. The van der Waals surface area contributed by atoms with Gasteiger partial charge in [0.1, 0.15) is 11.9 Å². The molecule has 0 radical (unpaired) electrons. The summed E-state index contributed by atoms with van der Waals surface area (Å²) < 4.78 is 10.4. The van der Waals surface area contributed by atoms with Crippen molar-refractivity contribution in [3.63, 3.8) is 0 Å². The smallest absolute Gasteiger partial charge is 0.254 e. The van der Waals surface area contributed by atoms with Crippen molar-refractivity contribution >= 4 is 11.6 Å². The number of rotatable bonds is 8. The fourth-order valence-corrected chi connectivity index (χ4v) is 1.54. The summed E-state index contributed by atoms with van der Waals surface area (Å²) in [5, 5.41) is 11.1. The van der Waals surface area contributed by atoms with E-state index >= 15 is 0 Å². The average molecular weight is 277 g/mol. The fraction of sp³-hybridized carbons (Fsp3) is 0.429. The number of amides is 1. The molecular formula is C14H19N3O3. The maximum atomic E-state index is 11.8. The molecule has 1 atom stereocenters. The molecule has 6 nitrogen and oxygen atoms in total. The van der Waals surface area contributed by atoms with Gasteiger partial charge in [0.2, 0.25) is 0 Å². The summed E-state index contributed by atoms with van der Waals surface area (Å²) in [5.41, 5.74) is 6.04. The van der Waals surface area contributed by atoms with Gasteiger partial charge in [-0.25, -0.2) is 0 Å². The first-order valence-electron chi connectivity index (χ1n) is 6.34. The summed E-state index contributed by atoms with van der Waals surface area (Å²) in [6.07, 6.45) is 0.462. The molecule has 6 heteroatoms. The van der Waals surface area contributed by atoms with Crippen LogP contribution in [0.15, 0.2) is 24.3 Å². The van der Waals surface area contributed by atoms with Gasteiger partial charge in [-0.2, -0.15) is 5.26 Å². The second-order valence-corrected chi connectivity index (χ2v) is 4.09. The summed E-state index contributed by atoms with van der Waals surface area (Å²) in [5.74, 6) is 0.346. The Morgan fingerprint density at radius 2 is 2.35 bits per heavy atom. The topological polar surface area (TPSA) is 97.4 Å². The average Bonchev–Trinajstić information content (AvgIpc) is 2.45. The number of nitriles is 1. The van der Waals surface area contributed by atoms with Crippen LogP contribution in [0.25, 0.3) is 0 Å². The van der Waals surface area contributed by atoms with Gasteiger partial charge in [0.15, 0.2) is 0 Å². The summed E-state index contributed by atoms with van der Waals surface area (Å²) in [6, 6.07) is 9.09. The number of anilines is 1. The van der Waals surface area contributed by atoms with E-state index in [0.29, 0.717) is 30.9 Å². The van der Waals surface area contributed by atoms with Crippen LogP contribution in [-0.4, -0.2) is 32.3 Å². The van der Waals surface area contributed by atoms with Crippen LogP contribution in [0.2, 0.25) is 0 Å². The zero-order chi connectivity index (χ0) is 14.8. The van der Waals surface area contributed by atoms with Crippen molar-refractivity contribution in [2.24, 2.45) is 5.73 Å².